The van der Waals surface area contributed by atoms with Gasteiger partial charge in [-0.15, -0.1) is 0 Å². The zero-order chi connectivity index (χ0) is 58.7. The molecule has 1 aliphatic rings. The van der Waals surface area contributed by atoms with Gasteiger partial charge in [0.25, 0.3) is 5.91 Å². The van der Waals surface area contributed by atoms with E-state index in [9.17, 15) is 36.7 Å². The van der Waals surface area contributed by atoms with Gasteiger partial charge >= 0.3 is 24.1 Å². The second-order valence-electron chi connectivity index (χ2n) is 17.7. The van der Waals surface area contributed by atoms with Gasteiger partial charge in [0.1, 0.15) is 33.8 Å². The van der Waals surface area contributed by atoms with Gasteiger partial charge in [-0.25, -0.2) is 38.0 Å². The molecule has 4 aromatic carbocycles. The molecule has 0 radical (unpaired) electrons. The SMILES string of the molecule is CCc1nc(OCC(=O)OC)c2cc(N3C(=S)N(c4ccc(C#N)c(C(F)(F)F)c4)C(=O)C3(C)C)cc(F)c2n1.CCc1nc(OCC(=O)OC)c2cc(NC(C)(C)C(=O)OC)cc(F)c2n1.[C-]#[N+]c1ccc(N=C=S)cc1C. The molecular formula is C53H49F5N10O9S2. The summed E-state index contributed by atoms with van der Waals surface area (Å²) in [7, 11) is 3.67. The minimum Gasteiger partial charge on any atom is -0.467 e. The Morgan fingerprint density at radius 1 is 0.823 bits per heavy atom. The lowest BCUT2D eigenvalue weighted by atomic mass is 10.0. The summed E-state index contributed by atoms with van der Waals surface area (Å²) in [6.45, 7) is 17.5. The lowest BCUT2D eigenvalue weighted by molar-refractivity contribution is -0.145. The number of alkyl halides is 3. The van der Waals surface area contributed by atoms with Gasteiger partial charge in [-0.3, -0.25) is 9.69 Å². The quantitative estimate of drug-likeness (QED) is 0.0267. The highest BCUT2D eigenvalue weighted by Gasteiger charge is 2.51. The van der Waals surface area contributed by atoms with Crippen molar-refractivity contribution in [2.75, 3.05) is 49.7 Å². The Balaban J connectivity index is 0.000000252. The van der Waals surface area contributed by atoms with Gasteiger partial charge in [0, 0.05) is 24.2 Å². The molecule has 26 heteroatoms. The first-order chi connectivity index (χ1) is 37.2. The van der Waals surface area contributed by atoms with Gasteiger partial charge < -0.3 is 33.9 Å². The summed E-state index contributed by atoms with van der Waals surface area (Å²) in [5.74, 6) is -3.35. The zero-order valence-electron chi connectivity index (χ0n) is 44.0. The smallest absolute Gasteiger partial charge is 0.417 e. The minimum atomic E-state index is -4.86. The first-order valence-electron chi connectivity index (χ1n) is 23.4. The predicted molar refractivity (Wildman–Crippen MR) is 287 cm³/mol. The summed E-state index contributed by atoms with van der Waals surface area (Å²) >= 11 is 9.99. The van der Waals surface area contributed by atoms with Crippen molar-refractivity contribution >= 4 is 109 Å². The number of thiocarbonyl (C=S) groups is 2. The number of nitrogens with one attached hydrogen (secondary N) is 1. The first kappa shape index (κ1) is 61.0. The van der Waals surface area contributed by atoms with E-state index in [1.54, 1.807) is 39.0 Å². The second-order valence-corrected chi connectivity index (χ2v) is 18.2. The third-order valence-electron chi connectivity index (χ3n) is 11.5. The molecule has 0 spiro atoms. The van der Waals surface area contributed by atoms with E-state index in [1.165, 1.54) is 64.3 Å². The lowest BCUT2D eigenvalue weighted by Gasteiger charge is -2.29. The van der Waals surface area contributed by atoms with Crippen LogP contribution in [0, 0.1) is 36.5 Å². The number of isothiocyanates is 1. The average molecular weight is 1130 g/mol. The van der Waals surface area contributed by atoms with Gasteiger partial charge in [-0.1, -0.05) is 19.9 Å². The Kier molecular flexibility index (Phi) is 19.7. The number of amides is 1. The molecule has 1 amide bonds. The predicted octanol–water partition coefficient (Wildman–Crippen LogP) is 10.2. The van der Waals surface area contributed by atoms with Gasteiger partial charge in [-0.2, -0.15) is 33.4 Å². The molecule has 2 aromatic heterocycles. The number of aromatic nitrogens is 4. The van der Waals surface area contributed by atoms with Crippen LogP contribution in [0.4, 0.5) is 50.4 Å². The molecule has 7 rings (SSSR count). The number of hydrogen-bond donors (Lipinski definition) is 1. The van der Waals surface area contributed by atoms with Crippen LogP contribution in [0.1, 0.15) is 69.9 Å². The largest absolute Gasteiger partial charge is 0.467 e. The minimum absolute atomic E-state index is 0.0562. The number of carbonyl (C=O) groups excluding carboxylic acids is 4. The molecule has 0 atom stereocenters. The van der Waals surface area contributed by atoms with Crippen LogP contribution in [0.3, 0.4) is 0 Å². The summed E-state index contributed by atoms with van der Waals surface area (Å²) in [4.78, 5) is 74.6. The van der Waals surface area contributed by atoms with Crippen LogP contribution < -0.4 is 24.6 Å². The molecule has 0 unspecified atom stereocenters. The fourth-order valence-electron chi connectivity index (χ4n) is 7.52. The number of nitriles is 1. The van der Waals surface area contributed by atoms with E-state index in [2.05, 4.69) is 61.9 Å². The van der Waals surface area contributed by atoms with Gasteiger partial charge in [-0.05, 0) is 119 Å². The molecule has 1 saturated heterocycles. The molecule has 19 nitrogen and oxygen atoms in total. The summed E-state index contributed by atoms with van der Waals surface area (Å²) in [6.07, 6.45) is -4.07. The number of rotatable bonds is 14. The molecule has 1 fully saturated rings. The number of ether oxygens (including phenoxy) is 5. The summed E-state index contributed by atoms with van der Waals surface area (Å²) in [5, 5.41) is 14.4. The molecule has 0 aliphatic carbocycles. The van der Waals surface area contributed by atoms with Crippen LogP contribution >= 0.6 is 24.4 Å². The van der Waals surface area contributed by atoms with Crippen LogP contribution in [0.2, 0.25) is 0 Å². The van der Waals surface area contributed by atoms with Crippen LogP contribution in [-0.4, -0.2) is 99.6 Å². The molecule has 1 aliphatic heterocycles. The number of esters is 3. The van der Waals surface area contributed by atoms with Gasteiger partial charge in [0.2, 0.25) is 11.8 Å². The molecular weight excluding hydrogens is 1080 g/mol. The van der Waals surface area contributed by atoms with Crippen LogP contribution in [-0.2, 0) is 52.4 Å². The Labute approximate surface area is 460 Å². The lowest BCUT2D eigenvalue weighted by Crippen LogP contribution is -2.44. The maximum Gasteiger partial charge on any atom is 0.417 e. The number of aryl methyl sites for hydroxylation is 3. The average Bonchev–Trinajstić information content (AvgIpc) is 3.78. The van der Waals surface area contributed by atoms with E-state index in [4.69, 9.17) is 38.3 Å². The molecule has 0 bridgehead atoms. The van der Waals surface area contributed by atoms with Crippen molar-refractivity contribution in [3.63, 3.8) is 0 Å². The van der Waals surface area contributed by atoms with E-state index < -0.39 is 70.4 Å². The maximum absolute atomic E-state index is 15.5. The van der Waals surface area contributed by atoms with Crippen molar-refractivity contribution < 1.29 is 64.8 Å². The third kappa shape index (κ3) is 14.0. The maximum atomic E-state index is 15.5. The second kappa shape index (κ2) is 25.5. The van der Waals surface area contributed by atoms with Gasteiger partial charge in [0.05, 0.1) is 72.4 Å². The molecule has 1 N–H and O–H groups in total. The van der Waals surface area contributed by atoms with Crippen molar-refractivity contribution in [3.05, 3.63) is 112 Å². The topological polar surface area (TPSA) is 225 Å². The monoisotopic (exact) mass is 1130 g/mol. The van der Waals surface area contributed by atoms with E-state index in [0.29, 0.717) is 36.1 Å². The van der Waals surface area contributed by atoms with Crippen molar-refractivity contribution in [3.8, 4) is 17.8 Å². The van der Waals surface area contributed by atoms with E-state index in [0.717, 1.165) is 28.3 Å². The standard InChI is InChI=1S/C26H21F4N5O4S.C18H22FN3O5.C9H6N2S/c1-5-19-32-21-16(22(33-19)39-12-20(36)38-4)8-15(10-18(21)27)35-24(40)34(23(37)25(35,2)3)14-7-6-13(11-31)17(9-14)26(28,29)30;1-6-13-20-15-11(16(21-13)27-9-14(23)25-4)7-10(8-12(15)19)22-18(2,3)17(24)26-5;1-7-5-8(11-6-12)3-4-9(7)10-2/h6-10H,5,12H2,1-4H3;7-8,22H,6,9H2,1-5H3;3-5H,1H3. The van der Waals surface area contributed by atoms with Crippen LogP contribution in [0.15, 0.2) is 65.7 Å². The Bertz CT molecular complexity index is 3530. The zero-order valence-corrected chi connectivity index (χ0v) is 45.6. The van der Waals surface area contributed by atoms with E-state index in [1.807, 2.05) is 19.9 Å². The molecule has 6 aromatic rings. The highest BCUT2D eigenvalue weighted by molar-refractivity contribution is 7.81. The number of nitrogens with zero attached hydrogens (tertiary/aromatic N) is 9. The van der Waals surface area contributed by atoms with Crippen molar-refractivity contribution in [1.82, 2.24) is 19.9 Å². The Morgan fingerprint density at radius 2 is 1.38 bits per heavy atom. The van der Waals surface area contributed by atoms with Crippen molar-refractivity contribution in [2.24, 2.45) is 4.99 Å². The highest BCUT2D eigenvalue weighted by Crippen LogP contribution is 2.42. The summed E-state index contributed by atoms with van der Waals surface area (Å²) in [5.41, 5.74) is -1.98. The van der Waals surface area contributed by atoms with E-state index >= 15 is 4.39 Å². The number of hydrogen-bond acceptors (Lipinski definition) is 18. The molecule has 0 saturated carbocycles. The highest BCUT2D eigenvalue weighted by atomic mass is 32.1. The molecule has 412 valence electrons. The number of aliphatic imine (C=N–C) groups is 1. The number of anilines is 3. The summed E-state index contributed by atoms with van der Waals surface area (Å²) < 4.78 is 95.8. The van der Waals surface area contributed by atoms with Gasteiger partial charge in [0.15, 0.2) is 35.6 Å². The van der Waals surface area contributed by atoms with Crippen molar-refractivity contribution in [2.45, 2.75) is 78.6 Å². The first-order valence-corrected chi connectivity index (χ1v) is 24.2. The Morgan fingerprint density at radius 3 is 1.86 bits per heavy atom. The normalized spacial score (nSPS) is 12.7. The number of fused-ring (bicyclic) bond motifs is 2. The van der Waals surface area contributed by atoms with Crippen molar-refractivity contribution in [1.29, 1.82) is 5.26 Å². The van der Waals surface area contributed by atoms with Crippen LogP contribution in [0.5, 0.6) is 11.8 Å². The molecule has 3 heterocycles. The number of benzene rings is 4. The van der Waals surface area contributed by atoms with Crippen LogP contribution in [0.25, 0.3) is 26.7 Å². The fourth-order valence-corrected chi connectivity index (χ4v) is 8.15. The van der Waals surface area contributed by atoms with E-state index in [-0.39, 0.29) is 62.5 Å². The number of halogens is 5. The summed E-state index contributed by atoms with van der Waals surface area (Å²) in [6, 6.07) is 14.9. The molecule has 79 heavy (non-hydrogen) atoms. The third-order valence-corrected chi connectivity index (χ3v) is 12.0. The number of carbonyl (C=O) groups is 4. The Hall–Kier alpha value is -8.84. The number of methoxy groups -OCH3 is 3. The fraction of sp³-hybridized carbons (Fsp3) is 0.321.